The molecule has 0 fully saturated rings. The summed E-state index contributed by atoms with van der Waals surface area (Å²) in [5.74, 6) is -0.583. The Labute approximate surface area is 200 Å². The van der Waals surface area contributed by atoms with Gasteiger partial charge in [-0.1, -0.05) is 36.4 Å². The smallest absolute Gasteiger partial charge is 0.363 e. The molecule has 0 aromatic heterocycles. The van der Waals surface area contributed by atoms with Crippen LogP contribution >= 0.6 is 0 Å². The lowest BCUT2D eigenvalue weighted by atomic mass is 10.1. The number of ether oxygens (including phenoxy) is 2. The van der Waals surface area contributed by atoms with Crippen molar-refractivity contribution in [3.8, 4) is 11.5 Å². The van der Waals surface area contributed by atoms with Gasteiger partial charge in [0.25, 0.3) is 5.69 Å². The summed E-state index contributed by atoms with van der Waals surface area (Å²) in [4.78, 5) is 26.4. The normalized spacial score (nSPS) is 14.4. The second kappa shape index (κ2) is 9.77. The predicted molar refractivity (Wildman–Crippen MR) is 126 cm³/mol. The fourth-order valence-electron chi connectivity index (χ4n) is 3.21. The molecule has 1 heterocycles. The second-order valence-corrected chi connectivity index (χ2v) is 8.62. The summed E-state index contributed by atoms with van der Waals surface area (Å²) in [5, 5.41) is 11.2. The third kappa shape index (κ3) is 5.20. The molecule has 0 unspecified atom stereocenters. The maximum Gasteiger partial charge on any atom is 0.363 e. The maximum absolute atomic E-state index is 12.8. The molecule has 0 atom stereocenters. The number of carbonyl (C=O) groups is 1. The van der Waals surface area contributed by atoms with Crippen LogP contribution in [0.5, 0.6) is 11.5 Å². The summed E-state index contributed by atoms with van der Waals surface area (Å²) >= 11 is 0. The average molecular weight is 494 g/mol. The Hall–Kier alpha value is -4.51. The van der Waals surface area contributed by atoms with E-state index >= 15 is 0 Å². The molecule has 10 nitrogen and oxygen atoms in total. The van der Waals surface area contributed by atoms with E-state index in [1.54, 1.807) is 31.2 Å². The van der Waals surface area contributed by atoms with E-state index in [4.69, 9.17) is 13.7 Å². The number of aliphatic imine (C=N–C) groups is 1. The minimum atomic E-state index is -4.54. The molecule has 0 saturated carbocycles. The number of hydrogen-bond acceptors (Lipinski definition) is 9. The summed E-state index contributed by atoms with van der Waals surface area (Å²) in [5.41, 5.74) is 0.545. The highest BCUT2D eigenvalue weighted by Crippen LogP contribution is 2.34. The third-order valence-electron chi connectivity index (χ3n) is 4.74. The van der Waals surface area contributed by atoms with Crippen molar-refractivity contribution in [2.45, 2.75) is 11.8 Å². The fraction of sp³-hybridized carbons (Fsp3) is 0.0833. The minimum Gasteiger partial charge on any atom is -0.490 e. The van der Waals surface area contributed by atoms with Gasteiger partial charge in [-0.25, -0.2) is 9.79 Å². The molecule has 3 aromatic carbocycles. The van der Waals surface area contributed by atoms with Crippen LogP contribution in [0.1, 0.15) is 18.1 Å². The summed E-state index contributed by atoms with van der Waals surface area (Å²) < 4.78 is 41.5. The highest BCUT2D eigenvalue weighted by atomic mass is 32.2. The molecule has 0 spiro atoms. The second-order valence-electron chi connectivity index (χ2n) is 7.10. The number of benzene rings is 3. The van der Waals surface area contributed by atoms with E-state index in [0.717, 1.165) is 12.1 Å². The summed E-state index contributed by atoms with van der Waals surface area (Å²) in [7, 11) is -4.54. The van der Waals surface area contributed by atoms with Gasteiger partial charge in [-0.2, -0.15) is 8.42 Å². The molecular formula is C24H18N2O8S. The molecule has 0 amide bonds. The Kier molecular flexibility index (Phi) is 6.60. The van der Waals surface area contributed by atoms with E-state index in [9.17, 15) is 23.3 Å². The molecule has 1 aliphatic heterocycles. The van der Waals surface area contributed by atoms with Crippen LogP contribution in [0, 0.1) is 10.1 Å². The zero-order valence-electron chi connectivity index (χ0n) is 18.3. The molecule has 0 N–H and O–H groups in total. The number of esters is 1. The number of nitro groups is 1. The van der Waals surface area contributed by atoms with Crippen LogP contribution in [0.4, 0.5) is 5.69 Å². The number of rotatable bonds is 8. The van der Waals surface area contributed by atoms with Crippen LogP contribution in [-0.2, 0) is 19.6 Å². The number of cyclic esters (lactones) is 1. The van der Waals surface area contributed by atoms with Gasteiger partial charge in [0, 0.05) is 11.6 Å². The highest BCUT2D eigenvalue weighted by molar-refractivity contribution is 7.87. The van der Waals surface area contributed by atoms with Crippen LogP contribution in [0.3, 0.4) is 0 Å². The van der Waals surface area contributed by atoms with Gasteiger partial charge in [-0.15, -0.1) is 0 Å². The molecule has 0 aliphatic carbocycles. The highest BCUT2D eigenvalue weighted by Gasteiger charge is 2.28. The van der Waals surface area contributed by atoms with Crippen LogP contribution in [0.2, 0.25) is 0 Å². The van der Waals surface area contributed by atoms with Crippen molar-refractivity contribution in [2.75, 3.05) is 6.61 Å². The summed E-state index contributed by atoms with van der Waals surface area (Å²) in [6.45, 7) is 1.87. The molecule has 4 rings (SSSR count). The van der Waals surface area contributed by atoms with Crippen molar-refractivity contribution in [1.82, 2.24) is 0 Å². The van der Waals surface area contributed by atoms with Gasteiger partial charge in [0.15, 0.2) is 22.1 Å². The number of nitrogens with zero attached hydrogens (tertiary/aromatic N) is 2. The molecule has 0 saturated heterocycles. The van der Waals surface area contributed by atoms with Crippen molar-refractivity contribution in [3.63, 3.8) is 0 Å². The van der Waals surface area contributed by atoms with Crippen molar-refractivity contribution < 1.29 is 31.8 Å². The molecule has 178 valence electrons. The Morgan fingerprint density at radius 3 is 2.46 bits per heavy atom. The first-order valence-corrected chi connectivity index (χ1v) is 11.7. The molecule has 0 radical (unpaired) electrons. The number of nitro benzene ring substituents is 1. The molecule has 35 heavy (non-hydrogen) atoms. The van der Waals surface area contributed by atoms with Crippen LogP contribution < -0.4 is 8.92 Å². The predicted octanol–water partition coefficient (Wildman–Crippen LogP) is 4.11. The lowest BCUT2D eigenvalue weighted by Gasteiger charge is -2.12. The van der Waals surface area contributed by atoms with Crippen molar-refractivity contribution in [3.05, 3.63) is 99.7 Å². The van der Waals surface area contributed by atoms with Gasteiger partial charge < -0.3 is 13.7 Å². The van der Waals surface area contributed by atoms with Gasteiger partial charge in [0.2, 0.25) is 5.90 Å². The maximum atomic E-state index is 12.8. The van der Waals surface area contributed by atoms with Crippen molar-refractivity contribution in [1.29, 1.82) is 0 Å². The Morgan fingerprint density at radius 2 is 1.74 bits per heavy atom. The topological polar surface area (TPSA) is 134 Å². The van der Waals surface area contributed by atoms with Gasteiger partial charge in [-0.3, -0.25) is 10.1 Å². The molecule has 3 aromatic rings. The lowest BCUT2D eigenvalue weighted by Crippen LogP contribution is -2.12. The van der Waals surface area contributed by atoms with Crippen LogP contribution in [0.25, 0.3) is 6.08 Å². The first-order valence-electron chi connectivity index (χ1n) is 10.3. The third-order valence-corrected chi connectivity index (χ3v) is 6.03. The zero-order chi connectivity index (χ0) is 25.0. The summed E-state index contributed by atoms with van der Waals surface area (Å²) in [6.07, 6.45) is 1.46. The number of para-hydroxylation sites is 1. The largest absolute Gasteiger partial charge is 0.490 e. The van der Waals surface area contributed by atoms with E-state index in [0.29, 0.717) is 11.1 Å². The van der Waals surface area contributed by atoms with Gasteiger partial charge in [0.05, 0.1) is 11.5 Å². The van der Waals surface area contributed by atoms with E-state index in [1.165, 1.54) is 36.4 Å². The Morgan fingerprint density at radius 1 is 1.03 bits per heavy atom. The quantitative estimate of drug-likeness (QED) is 0.150. The Bertz CT molecular complexity index is 1460. The SMILES string of the molecule is CCOc1cc(/C=C2/N=C(c3ccccc3)OC2=O)ccc1OS(=O)(=O)c1ccccc1[N+](=O)[O-]. The van der Waals surface area contributed by atoms with Gasteiger partial charge in [-0.05, 0) is 48.9 Å². The first kappa shape index (κ1) is 23.6. The molecular weight excluding hydrogens is 476 g/mol. The van der Waals surface area contributed by atoms with E-state index < -0.39 is 31.6 Å². The van der Waals surface area contributed by atoms with Crippen molar-refractivity contribution in [2.24, 2.45) is 4.99 Å². The van der Waals surface area contributed by atoms with E-state index in [2.05, 4.69) is 4.99 Å². The van der Waals surface area contributed by atoms with Gasteiger partial charge >= 0.3 is 16.1 Å². The number of hydrogen-bond donors (Lipinski definition) is 0. The Balaban J connectivity index is 1.66. The van der Waals surface area contributed by atoms with Crippen molar-refractivity contribution >= 4 is 33.7 Å². The fourth-order valence-corrected chi connectivity index (χ4v) is 4.31. The van der Waals surface area contributed by atoms with E-state index in [1.807, 2.05) is 6.07 Å². The van der Waals surface area contributed by atoms with Crippen LogP contribution in [-0.4, -0.2) is 31.8 Å². The minimum absolute atomic E-state index is 0.0486. The standard InChI is InChI=1S/C24H18N2O8S/c1-2-32-21-15-16(14-18-24(27)33-23(25-18)17-8-4-3-5-9-17)12-13-20(21)34-35(30,31)22-11-7-6-10-19(22)26(28)29/h3-15H,2H2,1H3/b18-14+. The van der Waals surface area contributed by atoms with E-state index in [-0.39, 0.29) is 29.7 Å². The first-order chi connectivity index (χ1) is 16.8. The molecule has 1 aliphatic rings. The zero-order valence-corrected chi connectivity index (χ0v) is 19.1. The summed E-state index contributed by atoms with van der Waals surface area (Å²) in [6, 6.07) is 18.1. The lowest BCUT2D eigenvalue weighted by molar-refractivity contribution is -0.387. The van der Waals surface area contributed by atoms with Gasteiger partial charge in [0.1, 0.15) is 0 Å². The molecule has 11 heteroatoms. The molecule has 0 bridgehead atoms. The monoisotopic (exact) mass is 494 g/mol. The average Bonchev–Trinajstić information content (AvgIpc) is 3.21. The number of carbonyl (C=O) groups excluding carboxylic acids is 1. The van der Waals surface area contributed by atoms with Crippen LogP contribution in [0.15, 0.2) is 88.4 Å².